The number of aromatic nitrogens is 2. The summed E-state index contributed by atoms with van der Waals surface area (Å²) >= 11 is 14.7. The molecule has 0 saturated heterocycles. The maximum Gasteiger partial charge on any atom is 0.111 e. The zero-order chi connectivity index (χ0) is 14.1. The van der Waals surface area contributed by atoms with Crippen LogP contribution in [0.3, 0.4) is 0 Å². The van der Waals surface area contributed by atoms with E-state index in [4.69, 9.17) is 16.6 Å². The third-order valence-corrected chi connectivity index (χ3v) is 5.41. The van der Waals surface area contributed by atoms with E-state index in [1.807, 2.05) is 12.1 Å². The van der Waals surface area contributed by atoms with Crippen molar-refractivity contribution in [3.8, 4) is 0 Å². The highest BCUT2D eigenvalue weighted by molar-refractivity contribution is 9.10. The first-order valence-electron chi connectivity index (χ1n) is 6.11. The second-order valence-corrected chi connectivity index (χ2v) is 7.62. The summed E-state index contributed by atoms with van der Waals surface area (Å²) in [5.41, 5.74) is 2.16. The van der Waals surface area contributed by atoms with Crippen LogP contribution in [0, 0.1) is 0 Å². The first-order valence-corrected chi connectivity index (χ1v) is 9.11. The Morgan fingerprint density at radius 1 is 1.20 bits per heavy atom. The van der Waals surface area contributed by atoms with Crippen LogP contribution < -0.4 is 0 Å². The van der Waals surface area contributed by atoms with E-state index in [0.29, 0.717) is 5.88 Å². The number of fused-ring (bicyclic) bond motifs is 1. The van der Waals surface area contributed by atoms with Gasteiger partial charge in [-0.2, -0.15) is 0 Å². The van der Waals surface area contributed by atoms with E-state index in [2.05, 4.69) is 53.9 Å². The molecule has 0 aliphatic heterocycles. The van der Waals surface area contributed by atoms with Gasteiger partial charge in [0.1, 0.15) is 5.82 Å². The van der Waals surface area contributed by atoms with Gasteiger partial charge < -0.3 is 4.57 Å². The van der Waals surface area contributed by atoms with Crippen molar-refractivity contribution in [2.24, 2.45) is 0 Å². The zero-order valence-corrected chi connectivity index (χ0v) is 15.2. The highest BCUT2D eigenvalue weighted by atomic mass is 79.9. The lowest BCUT2D eigenvalue weighted by molar-refractivity contribution is 0.763. The number of aryl methyl sites for hydroxylation is 1. The van der Waals surface area contributed by atoms with E-state index in [9.17, 15) is 0 Å². The largest absolute Gasteiger partial charge is 0.323 e. The number of nitrogens with zero attached hydrogens (tertiary/aromatic N) is 2. The molecule has 0 fully saturated rings. The quantitative estimate of drug-likeness (QED) is 0.499. The Morgan fingerprint density at radius 3 is 2.75 bits per heavy atom. The molecule has 0 aliphatic rings. The topological polar surface area (TPSA) is 17.8 Å². The fraction of sp³-hybridized carbons (Fsp3) is 0.214. The summed E-state index contributed by atoms with van der Waals surface area (Å²) in [4.78, 5) is 6.00. The molecule has 0 unspecified atom stereocenters. The van der Waals surface area contributed by atoms with Crippen molar-refractivity contribution in [1.82, 2.24) is 9.55 Å². The maximum absolute atomic E-state index is 5.91. The lowest BCUT2D eigenvalue weighted by Gasteiger charge is -2.07. The number of halogens is 3. The number of hydrogen-bond donors (Lipinski definition) is 0. The molecule has 0 saturated carbocycles. The van der Waals surface area contributed by atoms with E-state index in [1.54, 1.807) is 11.3 Å². The van der Waals surface area contributed by atoms with Crippen molar-refractivity contribution in [3.63, 3.8) is 0 Å². The summed E-state index contributed by atoms with van der Waals surface area (Å²) in [6.07, 6.45) is 0.778. The van der Waals surface area contributed by atoms with Gasteiger partial charge in [-0.15, -0.1) is 22.9 Å². The molecule has 0 spiro atoms. The Morgan fingerprint density at radius 2 is 2.05 bits per heavy atom. The van der Waals surface area contributed by atoms with Gasteiger partial charge in [-0.05, 0) is 40.2 Å². The molecule has 20 heavy (non-hydrogen) atoms. The highest BCUT2D eigenvalue weighted by Gasteiger charge is 2.12. The van der Waals surface area contributed by atoms with Crippen molar-refractivity contribution in [2.75, 3.05) is 5.88 Å². The number of imidazole rings is 1. The normalized spacial score (nSPS) is 11.3. The second kappa shape index (κ2) is 6.18. The molecule has 0 bridgehead atoms. The molecular weight excluding hydrogens is 423 g/mol. The molecule has 3 aromatic rings. The van der Waals surface area contributed by atoms with Gasteiger partial charge in [-0.3, -0.25) is 0 Å². The molecule has 0 atom stereocenters. The van der Waals surface area contributed by atoms with Gasteiger partial charge in [0.2, 0.25) is 0 Å². The minimum atomic E-state index is 0.582. The molecule has 6 heteroatoms. The summed E-state index contributed by atoms with van der Waals surface area (Å²) in [5.74, 6) is 1.62. The van der Waals surface area contributed by atoms with Gasteiger partial charge in [0.05, 0.1) is 17.6 Å². The van der Waals surface area contributed by atoms with Crippen molar-refractivity contribution in [2.45, 2.75) is 13.0 Å². The predicted octanol–water partition coefficient (Wildman–Crippen LogP) is 5.45. The Bertz CT molecular complexity index is 751. The fourth-order valence-corrected chi connectivity index (χ4v) is 4.15. The van der Waals surface area contributed by atoms with Gasteiger partial charge in [0.25, 0.3) is 0 Å². The third kappa shape index (κ3) is 2.96. The Labute approximate surface area is 143 Å². The molecular formula is C14H11Br2ClN2S. The fourth-order valence-electron chi connectivity index (χ4n) is 2.19. The van der Waals surface area contributed by atoms with Crippen LogP contribution in [0.15, 0.2) is 38.6 Å². The molecule has 0 aliphatic carbocycles. The molecule has 2 nitrogen and oxygen atoms in total. The smallest absolute Gasteiger partial charge is 0.111 e. The molecule has 2 aromatic heterocycles. The van der Waals surface area contributed by atoms with Crippen LogP contribution in [0.1, 0.15) is 10.7 Å². The summed E-state index contributed by atoms with van der Waals surface area (Å²) in [5, 5.41) is 2.10. The van der Waals surface area contributed by atoms with Gasteiger partial charge in [-0.1, -0.05) is 15.9 Å². The first kappa shape index (κ1) is 14.6. The van der Waals surface area contributed by atoms with Crippen LogP contribution >= 0.6 is 54.8 Å². The summed E-state index contributed by atoms with van der Waals surface area (Å²) in [6.45, 7) is 0.829. The van der Waals surface area contributed by atoms with Crippen molar-refractivity contribution in [3.05, 3.63) is 49.3 Å². The van der Waals surface area contributed by atoms with E-state index in [1.165, 1.54) is 4.88 Å². The van der Waals surface area contributed by atoms with E-state index in [-0.39, 0.29) is 0 Å². The average Bonchev–Trinajstić information content (AvgIpc) is 2.96. The van der Waals surface area contributed by atoms with Crippen LogP contribution in [0.4, 0.5) is 0 Å². The van der Waals surface area contributed by atoms with E-state index in [0.717, 1.165) is 38.8 Å². The standard InChI is InChI=1S/C14H11Br2ClN2S/c15-9-1-2-12-13(6-9)19(14(18-12)3-4-17)7-11-5-10(16)8-20-11/h1-2,5-6,8H,3-4,7H2. The maximum atomic E-state index is 5.91. The summed E-state index contributed by atoms with van der Waals surface area (Å²) in [7, 11) is 0. The number of alkyl halides is 1. The Kier molecular flexibility index (Phi) is 4.50. The monoisotopic (exact) mass is 432 g/mol. The SMILES string of the molecule is ClCCc1nc2ccc(Br)cc2n1Cc1cc(Br)cs1. The van der Waals surface area contributed by atoms with Crippen LogP contribution in [0.2, 0.25) is 0 Å². The van der Waals surface area contributed by atoms with Crippen molar-refractivity contribution in [1.29, 1.82) is 0 Å². The zero-order valence-electron chi connectivity index (χ0n) is 10.4. The lowest BCUT2D eigenvalue weighted by Crippen LogP contribution is -2.04. The minimum Gasteiger partial charge on any atom is -0.323 e. The van der Waals surface area contributed by atoms with Gasteiger partial charge in [0.15, 0.2) is 0 Å². The second-order valence-electron chi connectivity index (χ2n) is 4.42. The lowest BCUT2D eigenvalue weighted by atomic mass is 10.3. The first-order chi connectivity index (χ1) is 9.67. The predicted molar refractivity (Wildman–Crippen MR) is 93.0 cm³/mol. The molecule has 1 aromatic carbocycles. The molecule has 0 radical (unpaired) electrons. The molecule has 2 heterocycles. The van der Waals surface area contributed by atoms with Gasteiger partial charge >= 0.3 is 0 Å². The molecule has 104 valence electrons. The van der Waals surface area contributed by atoms with E-state index >= 15 is 0 Å². The van der Waals surface area contributed by atoms with Crippen LogP contribution in [0.25, 0.3) is 11.0 Å². The minimum absolute atomic E-state index is 0.582. The van der Waals surface area contributed by atoms with Gasteiger partial charge in [-0.25, -0.2) is 4.98 Å². The molecule has 0 amide bonds. The van der Waals surface area contributed by atoms with Crippen molar-refractivity contribution < 1.29 is 0 Å². The third-order valence-electron chi connectivity index (χ3n) is 3.04. The summed E-state index contributed by atoms with van der Waals surface area (Å²) < 4.78 is 4.44. The van der Waals surface area contributed by atoms with Crippen LogP contribution in [-0.2, 0) is 13.0 Å². The number of benzene rings is 1. The number of thiophene rings is 1. The Hall–Kier alpha value is -0.360. The van der Waals surface area contributed by atoms with Gasteiger partial charge in [0, 0.05) is 31.5 Å². The number of rotatable bonds is 4. The molecule has 0 N–H and O–H groups in total. The average molecular weight is 435 g/mol. The van der Waals surface area contributed by atoms with Crippen LogP contribution in [0.5, 0.6) is 0 Å². The Balaban J connectivity index is 2.09. The van der Waals surface area contributed by atoms with Crippen molar-refractivity contribution >= 4 is 65.8 Å². The summed E-state index contributed by atoms with van der Waals surface area (Å²) in [6, 6.07) is 8.32. The molecule has 3 rings (SSSR count). The van der Waals surface area contributed by atoms with Crippen LogP contribution in [-0.4, -0.2) is 15.4 Å². The number of hydrogen-bond acceptors (Lipinski definition) is 2. The van der Waals surface area contributed by atoms with E-state index < -0.39 is 0 Å². The highest BCUT2D eigenvalue weighted by Crippen LogP contribution is 2.26.